The van der Waals surface area contributed by atoms with Crippen LogP contribution in [0.3, 0.4) is 0 Å². The third-order valence-electron chi connectivity index (χ3n) is 0.713. The van der Waals surface area contributed by atoms with Gasteiger partial charge < -0.3 is 0 Å². The van der Waals surface area contributed by atoms with Gasteiger partial charge in [0.1, 0.15) is 0 Å². The van der Waals surface area contributed by atoms with Crippen LogP contribution < -0.4 is 0 Å². The number of hydrogen-bond donors (Lipinski definition) is 0. The van der Waals surface area contributed by atoms with Gasteiger partial charge in [0.15, 0.2) is 4.31 Å². The Kier molecular flexibility index (Phi) is 3.59. The molecule has 1 heterocycles. The fourth-order valence-corrected chi connectivity index (χ4v) is 2.28. The lowest BCUT2D eigenvalue weighted by Crippen LogP contribution is -2.14. The van der Waals surface area contributed by atoms with Gasteiger partial charge in [0, 0.05) is 9.13 Å². The Balaban J connectivity index is 2.66. The van der Waals surface area contributed by atoms with E-state index < -0.39 is 27.6 Å². The zero-order valence-corrected chi connectivity index (χ0v) is 8.15. The molecule has 0 amide bonds. The molecular weight excluding hydrogens is 237 g/mol. The van der Waals surface area contributed by atoms with Crippen LogP contribution in [0.15, 0.2) is 0 Å². The maximum absolute atomic E-state index is 10.5. The Bertz CT molecular complexity index is 177. The molecule has 0 aromatic heterocycles. The summed E-state index contributed by atoms with van der Waals surface area (Å²) in [5.41, 5.74) is -2.25. The molecule has 0 radical (unpaired) electrons. The van der Waals surface area contributed by atoms with Crippen LogP contribution in [0.2, 0.25) is 0 Å². The van der Waals surface area contributed by atoms with Crippen molar-refractivity contribution >= 4 is 39.7 Å². The summed E-state index contributed by atoms with van der Waals surface area (Å²) in [5, 5.41) is 0. The summed E-state index contributed by atoms with van der Waals surface area (Å²) in [6, 6.07) is 0. The summed E-state index contributed by atoms with van der Waals surface area (Å²) >= 11 is 10.7. The van der Waals surface area contributed by atoms with E-state index in [-0.39, 0.29) is 0 Å². The molecule has 4 atom stereocenters. The standard InChI is InChI=1S/C2H2Cl2O5P2/c3-1-2(4)8-11(6)9-10(5)7-1/h1-2H/q+2. The first-order valence-corrected chi connectivity index (χ1v) is 5.40. The highest BCUT2D eigenvalue weighted by atomic mass is 35.5. The Morgan fingerprint density at radius 3 is 1.73 bits per heavy atom. The topological polar surface area (TPSA) is 61.8 Å². The molecule has 0 saturated carbocycles. The molecule has 1 aliphatic heterocycles. The molecule has 1 fully saturated rings. The SMILES string of the molecule is O=[P+]1OC(Cl)C(Cl)O[P+](=O)O1. The van der Waals surface area contributed by atoms with E-state index in [2.05, 4.69) is 13.4 Å². The highest BCUT2D eigenvalue weighted by molar-refractivity contribution is 7.47. The van der Waals surface area contributed by atoms with Crippen molar-refractivity contribution in [2.45, 2.75) is 11.1 Å². The molecule has 0 N–H and O–H groups in total. The lowest BCUT2D eigenvalue weighted by atomic mass is 10.8. The summed E-state index contributed by atoms with van der Waals surface area (Å²) in [5.74, 6) is 0. The van der Waals surface area contributed by atoms with Crippen molar-refractivity contribution in [3.63, 3.8) is 0 Å². The van der Waals surface area contributed by atoms with Crippen LogP contribution in [-0.2, 0) is 22.5 Å². The van der Waals surface area contributed by atoms with Crippen molar-refractivity contribution in [3.8, 4) is 0 Å². The maximum Gasteiger partial charge on any atom is 0.749 e. The van der Waals surface area contributed by atoms with E-state index in [1.807, 2.05) is 0 Å². The number of rotatable bonds is 0. The Hall–Kier alpha value is 0.660. The van der Waals surface area contributed by atoms with Crippen LogP contribution in [0.1, 0.15) is 0 Å². The fraction of sp³-hybridized carbons (Fsp3) is 1.00. The molecule has 5 nitrogen and oxygen atoms in total. The molecule has 1 saturated heterocycles. The highest BCUT2D eigenvalue weighted by Crippen LogP contribution is 2.47. The van der Waals surface area contributed by atoms with E-state index in [0.717, 1.165) is 0 Å². The fourth-order valence-electron chi connectivity index (χ4n) is 0.353. The number of halogens is 2. The first-order chi connectivity index (χ1) is 5.09. The third-order valence-corrected chi connectivity index (χ3v) is 3.59. The molecule has 9 heteroatoms. The predicted octanol–water partition coefficient (Wildman–Crippen LogP) is 2.49. The summed E-state index contributed by atoms with van der Waals surface area (Å²) in [6.45, 7) is 0. The molecule has 4 unspecified atom stereocenters. The van der Waals surface area contributed by atoms with E-state index in [0.29, 0.717) is 0 Å². The maximum atomic E-state index is 10.5. The van der Waals surface area contributed by atoms with Crippen molar-refractivity contribution in [3.05, 3.63) is 0 Å². The molecule has 0 aromatic carbocycles. The summed E-state index contributed by atoms with van der Waals surface area (Å²) < 4.78 is 34.1. The molecule has 0 spiro atoms. The summed E-state index contributed by atoms with van der Waals surface area (Å²) in [7, 11) is -5.00. The Labute approximate surface area is 73.8 Å². The van der Waals surface area contributed by atoms with Gasteiger partial charge in [0.2, 0.25) is 11.1 Å². The predicted molar refractivity (Wildman–Crippen MR) is 37.8 cm³/mol. The lowest BCUT2D eigenvalue weighted by molar-refractivity contribution is 0.183. The third kappa shape index (κ3) is 2.88. The minimum Gasteiger partial charge on any atom is -0.0923 e. The number of alkyl halides is 2. The van der Waals surface area contributed by atoms with E-state index in [4.69, 9.17) is 23.2 Å². The van der Waals surface area contributed by atoms with Gasteiger partial charge in [-0.25, -0.2) is 0 Å². The Morgan fingerprint density at radius 2 is 1.36 bits per heavy atom. The van der Waals surface area contributed by atoms with Gasteiger partial charge in [-0.2, -0.15) is 0 Å². The van der Waals surface area contributed by atoms with Gasteiger partial charge in [-0.05, 0) is 0 Å². The minimum absolute atomic E-state index is 1.12. The molecule has 1 aliphatic rings. The van der Waals surface area contributed by atoms with Gasteiger partial charge in [0.05, 0.1) is 0 Å². The minimum atomic E-state index is -2.50. The average Bonchev–Trinajstić information content (AvgIpc) is 1.93. The van der Waals surface area contributed by atoms with Crippen LogP contribution in [0.25, 0.3) is 0 Å². The zero-order chi connectivity index (χ0) is 8.43. The van der Waals surface area contributed by atoms with E-state index in [1.54, 1.807) is 0 Å². The Morgan fingerprint density at radius 1 is 1.00 bits per heavy atom. The molecule has 0 aliphatic carbocycles. The second kappa shape index (κ2) is 4.06. The van der Waals surface area contributed by atoms with Crippen molar-refractivity contribution in [1.82, 2.24) is 0 Å². The molecule has 0 bridgehead atoms. The molecular formula is C2H2Cl2O5P2+2. The largest absolute Gasteiger partial charge is 0.749 e. The monoisotopic (exact) mass is 238 g/mol. The van der Waals surface area contributed by atoms with Gasteiger partial charge in [-0.1, -0.05) is 32.2 Å². The van der Waals surface area contributed by atoms with Gasteiger partial charge in [-0.15, -0.1) is 0 Å². The highest BCUT2D eigenvalue weighted by Gasteiger charge is 2.51. The summed E-state index contributed by atoms with van der Waals surface area (Å²) in [4.78, 5) is 0. The normalized spacial score (nSPS) is 40.2. The van der Waals surface area contributed by atoms with Crippen LogP contribution in [0.5, 0.6) is 0 Å². The first-order valence-electron chi connectivity index (χ1n) is 2.34. The van der Waals surface area contributed by atoms with Crippen LogP contribution >= 0.6 is 39.7 Å². The smallest absolute Gasteiger partial charge is 0.0923 e. The van der Waals surface area contributed by atoms with E-state index in [9.17, 15) is 9.13 Å². The van der Waals surface area contributed by atoms with E-state index >= 15 is 0 Å². The van der Waals surface area contributed by atoms with Crippen LogP contribution in [-0.4, -0.2) is 11.1 Å². The molecule has 62 valence electrons. The van der Waals surface area contributed by atoms with Crippen molar-refractivity contribution in [1.29, 1.82) is 0 Å². The lowest BCUT2D eigenvalue weighted by Gasteiger charge is -1.97. The second-order valence-corrected chi connectivity index (χ2v) is 4.27. The summed E-state index contributed by atoms with van der Waals surface area (Å²) in [6.07, 6.45) is 0. The number of hydrogen-bond acceptors (Lipinski definition) is 5. The quantitative estimate of drug-likeness (QED) is 0.479. The van der Waals surface area contributed by atoms with E-state index in [1.165, 1.54) is 0 Å². The second-order valence-electron chi connectivity index (χ2n) is 1.44. The van der Waals surface area contributed by atoms with Crippen LogP contribution in [0.4, 0.5) is 0 Å². The van der Waals surface area contributed by atoms with Gasteiger partial charge in [0.25, 0.3) is 0 Å². The van der Waals surface area contributed by atoms with Crippen molar-refractivity contribution in [2.75, 3.05) is 0 Å². The molecule has 11 heavy (non-hydrogen) atoms. The first kappa shape index (κ1) is 9.75. The van der Waals surface area contributed by atoms with Crippen LogP contribution in [0, 0.1) is 0 Å². The molecule has 0 aromatic rings. The van der Waals surface area contributed by atoms with Crippen molar-refractivity contribution < 1.29 is 22.5 Å². The van der Waals surface area contributed by atoms with Crippen molar-refractivity contribution in [2.24, 2.45) is 0 Å². The van der Waals surface area contributed by atoms with Gasteiger partial charge in [-0.3, -0.25) is 0 Å². The average molecular weight is 239 g/mol. The zero-order valence-electron chi connectivity index (χ0n) is 4.85. The molecule has 1 rings (SSSR count). The van der Waals surface area contributed by atoms with Gasteiger partial charge >= 0.3 is 16.5 Å².